The smallest absolute Gasteiger partial charge is 0.257 e. The highest BCUT2D eigenvalue weighted by Crippen LogP contribution is 2.22. The highest BCUT2D eigenvalue weighted by molar-refractivity contribution is 5.85. The van der Waals surface area contributed by atoms with Gasteiger partial charge in [0.05, 0.1) is 6.61 Å². The fourth-order valence-corrected chi connectivity index (χ4v) is 2.33. The van der Waals surface area contributed by atoms with Crippen molar-refractivity contribution in [1.82, 2.24) is 20.4 Å². The van der Waals surface area contributed by atoms with Crippen LogP contribution in [0.5, 0.6) is 0 Å². The van der Waals surface area contributed by atoms with Crippen LogP contribution >= 0.6 is 12.4 Å². The average Bonchev–Trinajstić information content (AvgIpc) is 2.98. The molecule has 120 valence electrons. The third-order valence-corrected chi connectivity index (χ3v) is 3.36. The number of rotatable bonds is 4. The molecule has 0 amide bonds. The number of hydrogen-bond acceptors (Lipinski definition) is 6. The van der Waals surface area contributed by atoms with Gasteiger partial charge in [-0.05, 0) is 19.7 Å². The molecule has 1 aliphatic rings. The number of hydrogen-bond donors (Lipinski definition) is 1. The Hall–Kier alpha value is -1.47. The maximum atomic E-state index is 5.61. The summed E-state index contributed by atoms with van der Waals surface area (Å²) in [4.78, 5) is 6.58. The minimum atomic E-state index is -0.145. The van der Waals surface area contributed by atoms with Gasteiger partial charge in [0.1, 0.15) is 6.10 Å². The Morgan fingerprint density at radius 1 is 1.27 bits per heavy atom. The predicted molar refractivity (Wildman–Crippen MR) is 85.9 cm³/mol. The third-order valence-electron chi connectivity index (χ3n) is 3.36. The lowest BCUT2D eigenvalue weighted by molar-refractivity contribution is 0.00755. The first kappa shape index (κ1) is 16.9. The van der Waals surface area contributed by atoms with Crippen molar-refractivity contribution in [3.63, 3.8) is 0 Å². The Kier molecular flexibility index (Phi) is 5.90. The second kappa shape index (κ2) is 7.69. The van der Waals surface area contributed by atoms with Gasteiger partial charge in [-0.25, -0.2) is 0 Å². The van der Waals surface area contributed by atoms with E-state index in [0.29, 0.717) is 24.9 Å². The largest absolute Gasteiger partial charge is 0.366 e. The molecule has 0 unspecified atom stereocenters. The molecule has 1 fully saturated rings. The molecular formula is C15H21ClN4O2. The van der Waals surface area contributed by atoms with Gasteiger partial charge in [0.2, 0.25) is 5.82 Å². The van der Waals surface area contributed by atoms with Crippen LogP contribution < -0.4 is 5.32 Å². The molecule has 0 aliphatic carbocycles. The lowest BCUT2D eigenvalue weighted by Gasteiger charge is -2.19. The van der Waals surface area contributed by atoms with Gasteiger partial charge >= 0.3 is 0 Å². The molecule has 3 rings (SSSR count). The molecule has 0 bridgehead atoms. The maximum absolute atomic E-state index is 5.61. The van der Waals surface area contributed by atoms with E-state index in [1.54, 1.807) is 0 Å². The van der Waals surface area contributed by atoms with Crippen molar-refractivity contribution in [2.75, 3.05) is 33.8 Å². The van der Waals surface area contributed by atoms with Crippen LogP contribution in [0, 0.1) is 0 Å². The molecule has 1 aromatic heterocycles. The van der Waals surface area contributed by atoms with E-state index >= 15 is 0 Å². The molecule has 2 aromatic rings. The molecule has 1 saturated heterocycles. The van der Waals surface area contributed by atoms with Crippen LogP contribution in [0.3, 0.4) is 0 Å². The lowest BCUT2D eigenvalue weighted by Crippen LogP contribution is -2.33. The molecule has 0 saturated carbocycles. The van der Waals surface area contributed by atoms with E-state index < -0.39 is 0 Å². The first-order valence-electron chi connectivity index (χ1n) is 7.12. The number of aromatic nitrogens is 2. The van der Waals surface area contributed by atoms with Crippen LogP contribution in [-0.4, -0.2) is 48.8 Å². The highest BCUT2D eigenvalue weighted by Gasteiger charge is 2.22. The fourth-order valence-electron chi connectivity index (χ4n) is 2.33. The lowest BCUT2D eigenvalue weighted by atomic mass is 10.1. The van der Waals surface area contributed by atoms with Crippen molar-refractivity contribution in [2.45, 2.75) is 12.6 Å². The summed E-state index contributed by atoms with van der Waals surface area (Å²) in [7, 11) is 4.11. The van der Waals surface area contributed by atoms with Gasteiger partial charge in [-0.1, -0.05) is 29.4 Å². The average molecular weight is 325 g/mol. The number of morpholine rings is 1. The summed E-state index contributed by atoms with van der Waals surface area (Å²) < 4.78 is 10.9. The third kappa shape index (κ3) is 4.04. The van der Waals surface area contributed by atoms with Crippen molar-refractivity contribution >= 4 is 12.4 Å². The molecule has 2 heterocycles. The van der Waals surface area contributed by atoms with Crippen LogP contribution in [0.15, 0.2) is 28.8 Å². The SMILES string of the molecule is CN(C)Cc1ccc(-c2noc([C@@H]3CNCCO3)n2)cc1.Cl. The standard InChI is InChI=1S/C15H20N4O2.ClH/c1-19(2)10-11-3-5-12(6-4-11)14-17-15(21-18-14)13-9-16-7-8-20-13;/h3-6,13,16H,7-10H2,1-2H3;1H/t13-;/m0./s1. The van der Waals surface area contributed by atoms with E-state index in [2.05, 4.69) is 46.6 Å². The molecule has 1 N–H and O–H groups in total. The van der Waals surface area contributed by atoms with Gasteiger partial charge in [0.25, 0.3) is 5.89 Å². The normalized spacial score (nSPS) is 18.2. The summed E-state index contributed by atoms with van der Waals surface area (Å²) in [5.41, 5.74) is 2.21. The number of halogens is 1. The molecule has 0 spiro atoms. The van der Waals surface area contributed by atoms with E-state index in [1.165, 1.54) is 5.56 Å². The quantitative estimate of drug-likeness (QED) is 0.926. The summed E-state index contributed by atoms with van der Waals surface area (Å²) in [5.74, 6) is 1.14. The Balaban J connectivity index is 0.00000176. The summed E-state index contributed by atoms with van der Waals surface area (Å²) >= 11 is 0. The summed E-state index contributed by atoms with van der Waals surface area (Å²) in [6, 6.07) is 8.22. The molecule has 1 atom stereocenters. The zero-order chi connectivity index (χ0) is 14.7. The summed E-state index contributed by atoms with van der Waals surface area (Å²) in [6.45, 7) is 3.16. The summed E-state index contributed by atoms with van der Waals surface area (Å²) in [6.07, 6.45) is -0.145. The van der Waals surface area contributed by atoms with Gasteiger partial charge in [0.15, 0.2) is 0 Å². The number of nitrogens with one attached hydrogen (secondary N) is 1. The van der Waals surface area contributed by atoms with Crippen molar-refractivity contribution in [3.05, 3.63) is 35.7 Å². The minimum absolute atomic E-state index is 0. The minimum Gasteiger partial charge on any atom is -0.366 e. The van der Waals surface area contributed by atoms with Gasteiger partial charge in [-0.3, -0.25) is 0 Å². The first-order valence-corrected chi connectivity index (χ1v) is 7.12. The van der Waals surface area contributed by atoms with E-state index in [4.69, 9.17) is 9.26 Å². The molecule has 22 heavy (non-hydrogen) atoms. The van der Waals surface area contributed by atoms with Crippen LogP contribution in [-0.2, 0) is 11.3 Å². The molecule has 0 radical (unpaired) electrons. The number of benzene rings is 1. The van der Waals surface area contributed by atoms with E-state index in [-0.39, 0.29) is 18.5 Å². The van der Waals surface area contributed by atoms with Crippen molar-refractivity contribution < 1.29 is 9.26 Å². The molecule has 1 aliphatic heterocycles. The first-order chi connectivity index (χ1) is 10.2. The zero-order valence-electron chi connectivity index (χ0n) is 12.8. The van der Waals surface area contributed by atoms with E-state index in [0.717, 1.165) is 18.7 Å². The second-order valence-electron chi connectivity index (χ2n) is 5.45. The van der Waals surface area contributed by atoms with Gasteiger partial charge in [-0.2, -0.15) is 4.98 Å². The van der Waals surface area contributed by atoms with Gasteiger partial charge in [-0.15, -0.1) is 12.4 Å². The fraction of sp³-hybridized carbons (Fsp3) is 0.467. The highest BCUT2D eigenvalue weighted by atomic mass is 35.5. The van der Waals surface area contributed by atoms with Gasteiger partial charge in [0, 0.05) is 25.2 Å². The van der Waals surface area contributed by atoms with Crippen LogP contribution in [0.1, 0.15) is 17.6 Å². The Morgan fingerprint density at radius 2 is 2.05 bits per heavy atom. The van der Waals surface area contributed by atoms with Crippen LogP contribution in [0.2, 0.25) is 0 Å². The number of ether oxygens (including phenoxy) is 1. The molecule has 7 heteroatoms. The van der Waals surface area contributed by atoms with Crippen molar-refractivity contribution in [2.24, 2.45) is 0 Å². The summed E-state index contributed by atoms with van der Waals surface area (Å²) in [5, 5.41) is 7.30. The molecule has 6 nitrogen and oxygen atoms in total. The van der Waals surface area contributed by atoms with Crippen molar-refractivity contribution in [3.8, 4) is 11.4 Å². The number of nitrogens with zero attached hydrogens (tertiary/aromatic N) is 3. The van der Waals surface area contributed by atoms with Gasteiger partial charge < -0.3 is 19.5 Å². The van der Waals surface area contributed by atoms with Crippen LogP contribution in [0.4, 0.5) is 0 Å². The van der Waals surface area contributed by atoms with Crippen LogP contribution in [0.25, 0.3) is 11.4 Å². The van der Waals surface area contributed by atoms with E-state index in [9.17, 15) is 0 Å². The van der Waals surface area contributed by atoms with Crippen molar-refractivity contribution in [1.29, 1.82) is 0 Å². The zero-order valence-corrected chi connectivity index (χ0v) is 13.6. The Labute approximate surface area is 136 Å². The Morgan fingerprint density at radius 3 is 2.68 bits per heavy atom. The maximum Gasteiger partial charge on any atom is 0.257 e. The second-order valence-corrected chi connectivity index (χ2v) is 5.45. The Bertz CT molecular complexity index is 579. The van der Waals surface area contributed by atoms with E-state index in [1.807, 2.05) is 12.1 Å². The predicted octanol–water partition coefficient (Wildman–Crippen LogP) is 1.88. The molecular weight excluding hydrogens is 304 g/mol. The molecule has 1 aromatic carbocycles. The monoisotopic (exact) mass is 324 g/mol. The topological polar surface area (TPSA) is 63.4 Å².